The third kappa shape index (κ3) is 3.85. The predicted molar refractivity (Wildman–Crippen MR) is 115 cm³/mol. The number of carbonyl (C=O) groups excluding carboxylic acids is 1. The topological polar surface area (TPSA) is 111 Å². The number of nitriles is 1. The van der Waals surface area contributed by atoms with Crippen LogP contribution in [0.1, 0.15) is 30.4 Å². The molecule has 2 bridgehead atoms. The summed E-state index contributed by atoms with van der Waals surface area (Å²) in [4.78, 5) is 12.9. The van der Waals surface area contributed by atoms with Gasteiger partial charge in [-0.1, -0.05) is 36.4 Å². The molecule has 0 aromatic heterocycles. The Morgan fingerprint density at radius 2 is 1.94 bits per heavy atom. The van der Waals surface area contributed by atoms with E-state index in [2.05, 4.69) is 21.4 Å². The van der Waals surface area contributed by atoms with Crippen molar-refractivity contribution in [3.63, 3.8) is 0 Å². The van der Waals surface area contributed by atoms with Crippen molar-refractivity contribution in [2.45, 2.75) is 55.2 Å². The van der Waals surface area contributed by atoms with Gasteiger partial charge in [-0.3, -0.25) is 4.79 Å². The van der Waals surface area contributed by atoms with E-state index in [4.69, 9.17) is 0 Å². The lowest BCUT2D eigenvalue weighted by atomic mass is 9.98. The molecule has 2 heterocycles. The van der Waals surface area contributed by atoms with E-state index in [9.17, 15) is 18.5 Å². The largest absolute Gasteiger partial charge is 0.339 e. The molecule has 7 nitrogen and oxygen atoms in total. The fraction of sp³-hybridized carbons (Fsp3) is 0.391. The number of fused-ring (bicyclic) bond motifs is 3. The summed E-state index contributed by atoms with van der Waals surface area (Å²) in [5, 5.41) is 15.8. The van der Waals surface area contributed by atoms with Crippen LogP contribution in [0.4, 0.5) is 0 Å². The number of nitrogens with zero attached hydrogens (tertiary/aromatic N) is 1. The number of hydrogen-bond acceptors (Lipinski definition) is 5. The van der Waals surface area contributed by atoms with Crippen molar-refractivity contribution < 1.29 is 13.2 Å². The highest BCUT2D eigenvalue weighted by atomic mass is 32.2. The van der Waals surface area contributed by atoms with Gasteiger partial charge in [-0.25, -0.2) is 13.1 Å². The van der Waals surface area contributed by atoms with Crippen molar-refractivity contribution in [3.05, 3.63) is 53.6 Å². The van der Waals surface area contributed by atoms with E-state index in [0.29, 0.717) is 29.8 Å². The highest BCUT2D eigenvalue weighted by Gasteiger charge is 2.43. The summed E-state index contributed by atoms with van der Waals surface area (Å²) >= 11 is 0. The zero-order chi connectivity index (χ0) is 21.6. The molecule has 2 fully saturated rings. The number of carbonyl (C=O) groups is 1. The van der Waals surface area contributed by atoms with E-state index in [1.165, 1.54) is 0 Å². The molecule has 0 radical (unpaired) electrons. The maximum atomic E-state index is 12.6. The minimum atomic E-state index is -3.42. The van der Waals surface area contributed by atoms with E-state index >= 15 is 0 Å². The zero-order valence-corrected chi connectivity index (χ0v) is 17.8. The van der Waals surface area contributed by atoms with Crippen LogP contribution in [-0.4, -0.2) is 32.5 Å². The van der Waals surface area contributed by atoms with Gasteiger partial charge in [0.1, 0.15) is 6.04 Å². The van der Waals surface area contributed by atoms with Crippen LogP contribution in [0.2, 0.25) is 0 Å². The normalized spacial score (nSPS) is 26.2. The van der Waals surface area contributed by atoms with Gasteiger partial charge in [-0.15, -0.1) is 0 Å². The second-order valence-electron chi connectivity index (χ2n) is 8.65. The highest BCUT2D eigenvalue weighted by Crippen LogP contribution is 2.35. The summed E-state index contributed by atoms with van der Waals surface area (Å²) in [6, 6.07) is 15.0. The lowest BCUT2D eigenvalue weighted by Gasteiger charge is -2.23. The molecule has 2 aromatic rings. The fourth-order valence-electron chi connectivity index (χ4n) is 4.99. The summed E-state index contributed by atoms with van der Waals surface area (Å²) in [6.45, 7) is 0.329. The van der Waals surface area contributed by atoms with Crippen molar-refractivity contribution in [1.82, 2.24) is 15.4 Å². The molecule has 1 saturated heterocycles. The lowest BCUT2D eigenvalue weighted by Crippen LogP contribution is -2.50. The van der Waals surface area contributed by atoms with Gasteiger partial charge in [0.25, 0.3) is 0 Å². The molecule has 4 atom stereocenters. The Morgan fingerprint density at radius 1 is 1.16 bits per heavy atom. The highest BCUT2D eigenvalue weighted by molar-refractivity contribution is 7.89. The van der Waals surface area contributed by atoms with Crippen molar-refractivity contribution in [2.75, 3.05) is 0 Å². The summed E-state index contributed by atoms with van der Waals surface area (Å²) in [5.41, 5.74) is 3.44. The van der Waals surface area contributed by atoms with Gasteiger partial charge in [-0.05, 0) is 53.5 Å². The molecule has 8 heteroatoms. The number of hydrogen-bond donors (Lipinski definition) is 3. The van der Waals surface area contributed by atoms with Crippen LogP contribution < -0.4 is 15.4 Å². The molecule has 1 amide bonds. The molecule has 0 spiro atoms. The number of sulfonamides is 1. The van der Waals surface area contributed by atoms with E-state index < -0.39 is 16.1 Å². The van der Waals surface area contributed by atoms with Crippen LogP contribution in [0.5, 0.6) is 0 Å². The SMILES string of the molecule is N#C[C@H](Cc1ccc(-c2ccc3c(c2)S(=O)(=O)NC3)cc1)NC(=O)[C@H]1N[C@@H]2CC[C@H]1C2. The van der Waals surface area contributed by atoms with Gasteiger partial charge in [-0.2, -0.15) is 5.26 Å². The molecule has 3 aliphatic rings. The van der Waals surface area contributed by atoms with Gasteiger partial charge in [0.15, 0.2) is 0 Å². The van der Waals surface area contributed by atoms with Gasteiger partial charge < -0.3 is 10.6 Å². The molecule has 2 aromatic carbocycles. The fourth-order valence-corrected chi connectivity index (χ4v) is 6.26. The second kappa shape index (κ2) is 7.75. The molecule has 3 N–H and O–H groups in total. The minimum absolute atomic E-state index is 0.0803. The lowest BCUT2D eigenvalue weighted by molar-refractivity contribution is -0.124. The Balaban J connectivity index is 1.26. The monoisotopic (exact) mass is 436 g/mol. The maximum absolute atomic E-state index is 12.6. The van der Waals surface area contributed by atoms with Gasteiger partial charge in [0.2, 0.25) is 15.9 Å². The Morgan fingerprint density at radius 3 is 2.61 bits per heavy atom. The number of rotatable bonds is 5. The molecule has 160 valence electrons. The quantitative estimate of drug-likeness (QED) is 0.662. The minimum Gasteiger partial charge on any atom is -0.339 e. The molecule has 1 aliphatic carbocycles. The number of piperidine rings is 1. The maximum Gasteiger partial charge on any atom is 0.241 e. The number of amides is 1. The predicted octanol–water partition coefficient (Wildman–Crippen LogP) is 1.84. The first kappa shape index (κ1) is 20.2. The summed E-state index contributed by atoms with van der Waals surface area (Å²) in [6.07, 6.45) is 3.69. The van der Waals surface area contributed by atoms with Crippen LogP contribution in [0, 0.1) is 17.2 Å². The molecule has 0 unspecified atom stereocenters. The Kier molecular flexibility index (Phi) is 5.05. The average Bonchev–Trinajstić information content (AvgIpc) is 3.48. The van der Waals surface area contributed by atoms with E-state index in [0.717, 1.165) is 41.5 Å². The van der Waals surface area contributed by atoms with Crippen LogP contribution >= 0.6 is 0 Å². The van der Waals surface area contributed by atoms with Crippen molar-refractivity contribution in [3.8, 4) is 17.2 Å². The molecular formula is C23H24N4O3S. The third-order valence-electron chi connectivity index (χ3n) is 6.65. The van der Waals surface area contributed by atoms with Crippen molar-refractivity contribution in [1.29, 1.82) is 5.26 Å². The van der Waals surface area contributed by atoms with E-state index in [1.807, 2.05) is 36.4 Å². The summed E-state index contributed by atoms with van der Waals surface area (Å²) in [5.74, 6) is 0.304. The first-order valence-electron chi connectivity index (χ1n) is 10.6. The summed E-state index contributed by atoms with van der Waals surface area (Å²) < 4.78 is 26.7. The molecule has 2 aliphatic heterocycles. The molecule has 5 rings (SSSR count). The van der Waals surface area contributed by atoms with Gasteiger partial charge in [0.05, 0.1) is 17.0 Å². The first-order chi connectivity index (χ1) is 14.9. The van der Waals surface area contributed by atoms with Crippen LogP contribution in [-0.2, 0) is 27.8 Å². The van der Waals surface area contributed by atoms with Crippen LogP contribution in [0.15, 0.2) is 47.4 Å². The smallest absolute Gasteiger partial charge is 0.241 e. The molecular weight excluding hydrogens is 412 g/mol. The first-order valence-corrected chi connectivity index (χ1v) is 12.1. The Hall–Kier alpha value is -2.73. The van der Waals surface area contributed by atoms with Gasteiger partial charge >= 0.3 is 0 Å². The summed E-state index contributed by atoms with van der Waals surface area (Å²) in [7, 11) is -3.42. The van der Waals surface area contributed by atoms with Crippen LogP contribution in [0.3, 0.4) is 0 Å². The van der Waals surface area contributed by atoms with E-state index in [1.54, 1.807) is 6.07 Å². The average molecular weight is 437 g/mol. The van der Waals surface area contributed by atoms with E-state index in [-0.39, 0.29) is 11.9 Å². The number of benzene rings is 2. The molecule has 1 saturated carbocycles. The van der Waals surface area contributed by atoms with Crippen molar-refractivity contribution >= 4 is 15.9 Å². The van der Waals surface area contributed by atoms with Crippen molar-refractivity contribution in [2.24, 2.45) is 5.92 Å². The zero-order valence-electron chi connectivity index (χ0n) is 17.0. The van der Waals surface area contributed by atoms with Gasteiger partial charge in [0, 0.05) is 19.0 Å². The second-order valence-corrected chi connectivity index (χ2v) is 10.4. The number of nitrogens with one attached hydrogen (secondary N) is 3. The molecule has 31 heavy (non-hydrogen) atoms. The third-order valence-corrected chi connectivity index (χ3v) is 8.13. The standard InChI is InChI=1S/C23H24N4O3S/c24-12-20(27-23(28)22-17-7-8-19(10-17)26-22)9-14-1-3-15(4-2-14)16-5-6-18-13-25-31(29,30)21(18)11-16/h1-6,11,17,19-20,22,25-26H,7-10,13H2,(H,27,28)/t17-,19+,20-,22-/m0/s1. The Bertz CT molecular complexity index is 1170. The van der Waals surface area contributed by atoms with Crippen LogP contribution in [0.25, 0.3) is 11.1 Å². The Labute approximate surface area is 181 Å².